The molecular formula is C22H23NO5. The Morgan fingerprint density at radius 2 is 2.00 bits per heavy atom. The van der Waals surface area contributed by atoms with E-state index in [2.05, 4.69) is 6.07 Å². The minimum Gasteiger partial charge on any atom is -0.483 e. The Labute approximate surface area is 162 Å². The SMILES string of the molecule is NC(=O)c1ccc2c3c1OC1C4(CCC5(O)C67CC6CC(C7C2)[C@]315)OCCO4. The van der Waals surface area contributed by atoms with Gasteiger partial charge in [-0.25, -0.2) is 0 Å². The van der Waals surface area contributed by atoms with E-state index in [1.54, 1.807) is 6.07 Å². The normalized spacial score (nSPS) is 51.8. The van der Waals surface area contributed by atoms with E-state index in [1.807, 2.05) is 0 Å². The topological polar surface area (TPSA) is 91.0 Å². The Morgan fingerprint density at radius 1 is 1.18 bits per heavy atom. The first-order valence-corrected chi connectivity index (χ1v) is 10.6. The highest BCUT2D eigenvalue weighted by atomic mass is 16.8. The number of benzene rings is 1. The standard InChI is InChI=1S/C22H23NO5/c23-17(24)12-2-1-10-7-13-14-8-11-9-19(11,13)21(25)4-3-20(26-5-6-27-20)18-22(14,21)15(10)16(12)28-18/h1-2,11,13-14,18,25H,3-9H2,(H2,23,24)/t11?,13?,14?,18?,19?,21?,22-/m0/s1. The predicted octanol–water partition coefficient (Wildman–Crippen LogP) is 1.26. The van der Waals surface area contributed by atoms with Gasteiger partial charge in [0.25, 0.3) is 5.91 Å². The first-order chi connectivity index (χ1) is 13.5. The molecule has 4 bridgehead atoms. The van der Waals surface area contributed by atoms with Crippen molar-refractivity contribution in [3.8, 4) is 5.75 Å². The van der Waals surface area contributed by atoms with Crippen molar-refractivity contribution < 1.29 is 24.1 Å². The summed E-state index contributed by atoms with van der Waals surface area (Å²) in [5.41, 5.74) is 7.07. The minimum absolute atomic E-state index is 0.00695. The summed E-state index contributed by atoms with van der Waals surface area (Å²) in [6, 6.07) is 3.86. The first kappa shape index (κ1) is 15.2. The summed E-state index contributed by atoms with van der Waals surface area (Å²) in [4.78, 5) is 12.2. The van der Waals surface area contributed by atoms with E-state index in [-0.39, 0.29) is 5.41 Å². The van der Waals surface area contributed by atoms with Gasteiger partial charge in [-0.3, -0.25) is 4.79 Å². The Morgan fingerprint density at radius 3 is 2.79 bits per heavy atom. The van der Waals surface area contributed by atoms with Crippen molar-refractivity contribution >= 4 is 5.91 Å². The molecule has 4 saturated carbocycles. The second-order valence-corrected chi connectivity index (χ2v) is 10.2. The number of hydrogen-bond acceptors (Lipinski definition) is 5. The number of primary amides is 1. The number of ether oxygens (including phenoxy) is 3. The lowest BCUT2D eigenvalue weighted by Crippen LogP contribution is -2.72. The van der Waals surface area contributed by atoms with Gasteiger partial charge in [-0.2, -0.15) is 0 Å². The van der Waals surface area contributed by atoms with Crippen LogP contribution in [0, 0.1) is 23.2 Å². The molecule has 1 aromatic rings. The molecule has 3 spiro atoms. The monoisotopic (exact) mass is 381 g/mol. The molecule has 7 aliphatic rings. The summed E-state index contributed by atoms with van der Waals surface area (Å²) < 4.78 is 19.0. The Balaban J connectivity index is 1.50. The summed E-state index contributed by atoms with van der Waals surface area (Å²) in [5, 5.41) is 12.5. The van der Waals surface area contributed by atoms with Gasteiger partial charge >= 0.3 is 0 Å². The molecule has 2 aliphatic heterocycles. The van der Waals surface area contributed by atoms with E-state index in [4.69, 9.17) is 19.9 Å². The molecule has 7 atom stereocenters. The molecule has 6 unspecified atom stereocenters. The molecule has 28 heavy (non-hydrogen) atoms. The van der Waals surface area contributed by atoms with Gasteiger partial charge in [0.05, 0.1) is 29.8 Å². The molecule has 146 valence electrons. The van der Waals surface area contributed by atoms with Gasteiger partial charge in [-0.1, -0.05) is 6.07 Å². The molecular weight excluding hydrogens is 358 g/mol. The lowest BCUT2D eigenvalue weighted by molar-refractivity contribution is -0.286. The third-order valence-corrected chi connectivity index (χ3v) is 9.90. The van der Waals surface area contributed by atoms with Gasteiger partial charge < -0.3 is 25.1 Å². The maximum Gasteiger partial charge on any atom is 0.252 e. The smallest absolute Gasteiger partial charge is 0.252 e. The predicted molar refractivity (Wildman–Crippen MR) is 95.7 cm³/mol. The molecule has 3 N–H and O–H groups in total. The summed E-state index contributed by atoms with van der Waals surface area (Å²) >= 11 is 0. The van der Waals surface area contributed by atoms with Gasteiger partial charge in [-0.15, -0.1) is 0 Å². The molecule has 5 fully saturated rings. The van der Waals surface area contributed by atoms with Crippen molar-refractivity contribution in [2.45, 2.75) is 55.0 Å². The van der Waals surface area contributed by atoms with Gasteiger partial charge in [0, 0.05) is 17.4 Å². The lowest BCUT2D eigenvalue weighted by atomic mass is 9.50. The van der Waals surface area contributed by atoms with Crippen molar-refractivity contribution in [1.82, 2.24) is 0 Å². The summed E-state index contributed by atoms with van der Waals surface area (Å²) in [7, 11) is 0. The van der Waals surface area contributed by atoms with E-state index in [0.29, 0.717) is 55.1 Å². The largest absolute Gasteiger partial charge is 0.483 e. The van der Waals surface area contributed by atoms with Crippen molar-refractivity contribution in [3.63, 3.8) is 0 Å². The fourth-order valence-corrected chi connectivity index (χ4v) is 9.33. The Hall–Kier alpha value is -1.63. The van der Waals surface area contributed by atoms with Crippen LogP contribution in [-0.2, 0) is 21.3 Å². The zero-order valence-corrected chi connectivity index (χ0v) is 15.6. The van der Waals surface area contributed by atoms with Crippen molar-refractivity contribution in [3.05, 3.63) is 28.8 Å². The van der Waals surface area contributed by atoms with Crippen LogP contribution in [-0.4, -0.2) is 41.7 Å². The van der Waals surface area contributed by atoms with Crippen molar-refractivity contribution in [1.29, 1.82) is 0 Å². The third kappa shape index (κ3) is 1.13. The molecule has 2 heterocycles. The maximum absolute atomic E-state index is 12.5. The van der Waals surface area contributed by atoms with Gasteiger partial charge in [0.2, 0.25) is 5.79 Å². The van der Waals surface area contributed by atoms with Crippen LogP contribution in [0.2, 0.25) is 0 Å². The highest BCUT2D eigenvalue weighted by Gasteiger charge is 2.94. The number of fused-ring (bicyclic) bond motifs is 1. The summed E-state index contributed by atoms with van der Waals surface area (Å²) in [6.07, 6.45) is 4.14. The van der Waals surface area contributed by atoms with E-state index < -0.39 is 28.8 Å². The highest BCUT2D eigenvalue weighted by Crippen LogP contribution is 2.90. The van der Waals surface area contributed by atoms with Crippen LogP contribution in [0.4, 0.5) is 0 Å². The zero-order valence-electron chi connectivity index (χ0n) is 15.6. The number of carbonyl (C=O) groups excluding carboxylic acids is 1. The average molecular weight is 381 g/mol. The second-order valence-electron chi connectivity index (χ2n) is 10.2. The molecule has 1 saturated heterocycles. The molecule has 1 amide bonds. The highest BCUT2D eigenvalue weighted by molar-refractivity contribution is 5.97. The van der Waals surface area contributed by atoms with E-state index in [9.17, 15) is 9.90 Å². The van der Waals surface area contributed by atoms with Crippen LogP contribution in [0.15, 0.2) is 12.1 Å². The summed E-state index contributed by atoms with van der Waals surface area (Å²) in [6.45, 7) is 1.09. The van der Waals surface area contributed by atoms with E-state index in [1.165, 1.54) is 5.56 Å². The average Bonchev–Trinajstić information content (AvgIpc) is 2.97. The van der Waals surface area contributed by atoms with Gasteiger partial charge in [0.15, 0.2) is 6.10 Å². The Bertz CT molecular complexity index is 1000. The van der Waals surface area contributed by atoms with Crippen LogP contribution in [0.5, 0.6) is 5.75 Å². The third-order valence-electron chi connectivity index (χ3n) is 9.90. The molecule has 0 radical (unpaired) electrons. The molecule has 1 aromatic carbocycles. The van der Waals surface area contributed by atoms with Crippen LogP contribution in [0.3, 0.4) is 0 Å². The first-order valence-electron chi connectivity index (χ1n) is 10.6. The van der Waals surface area contributed by atoms with Crippen LogP contribution < -0.4 is 10.5 Å². The number of aliphatic hydroxyl groups is 1. The Kier molecular flexibility index (Phi) is 2.18. The number of rotatable bonds is 1. The summed E-state index contributed by atoms with van der Waals surface area (Å²) in [5.74, 6) is 0.767. The van der Waals surface area contributed by atoms with Crippen molar-refractivity contribution in [2.75, 3.05) is 13.2 Å². The minimum atomic E-state index is -0.829. The van der Waals surface area contributed by atoms with Crippen LogP contribution in [0.1, 0.15) is 47.2 Å². The number of nitrogens with two attached hydrogens (primary N) is 1. The van der Waals surface area contributed by atoms with Crippen LogP contribution in [0.25, 0.3) is 0 Å². The van der Waals surface area contributed by atoms with E-state index in [0.717, 1.165) is 24.8 Å². The fourth-order valence-electron chi connectivity index (χ4n) is 9.33. The van der Waals surface area contributed by atoms with Crippen LogP contribution >= 0.6 is 0 Å². The number of hydrogen-bond donors (Lipinski definition) is 2. The molecule has 8 rings (SSSR count). The number of amides is 1. The molecule has 6 heteroatoms. The second kappa shape index (κ2) is 4.00. The van der Waals surface area contributed by atoms with Crippen molar-refractivity contribution in [2.24, 2.45) is 28.9 Å². The fraction of sp³-hybridized carbons (Fsp3) is 0.682. The molecule has 0 aromatic heterocycles. The lowest BCUT2D eigenvalue weighted by Gasteiger charge is -2.58. The number of carbonyl (C=O) groups is 1. The van der Waals surface area contributed by atoms with Gasteiger partial charge in [-0.05, 0) is 55.1 Å². The molecule has 5 aliphatic carbocycles. The zero-order chi connectivity index (χ0) is 18.7. The quantitative estimate of drug-likeness (QED) is 0.764. The molecule has 6 nitrogen and oxygen atoms in total. The van der Waals surface area contributed by atoms with E-state index >= 15 is 0 Å². The van der Waals surface area contributed by atoms with Gasteiger partial charge in [0.1, 0.15) is 5.75 Å². The maximum atomic E-state index is 12.5.